The summed E-state index contributed by atoms with van der Waals surface area (Å²) in [7, 11) is 4.18. The number of nitrogens with one attached hydrogen (secondary N) is 1. The third kappa shape index (κ3) is 6.04. The lowest BCUT2D eigenvalue weighted by Crippen LogP contribution is -2.57. The first kappa shape index (κ1) is 28.0. The van der Waals surface area contributed by atoms with Gasteiger partial charge in [-0.1, -0.05) is 19.1 Å². The number of benzene rings is 1. The fourth-order valence-corrected chi connectivity index (χ4v) is 4.64. The zero-order valence-electron chi connectivity index (χ0n) is 21.6. The van der Waals surface area contributed by atoms with Crippen LogP contribution in [0.25, 0.3) is 11.1 Å². The molecule has 1 saturated heterocycles. The quantitative estimate of drug-likeness (QED) is 0.430. The number of aryl methyl sites for hydroxylation is 1. The predicted molar refractivity (Wildman–Crippen MR) is 131 cm³/mol. The van der Waals surface area contributed by atoms with Crippen LogP contribution in [-0.4, -0.2) is 69.8 Å². The maximum Gasteiger partial charge on any atom is 0.423 e. The van der Waals surface area contributed by atoms with E-state index in [1.54, 1.807) is 44.4 Å². The molecule has 0 radical (unpaired) electrons. The number of carbonyl (C=O) groups is 1. The lowest BCUT2D eigenvalue weighted by atomic mass is 9.88. The highest BCUT2D eigenvalue weighted by Crippen LogP contribution is 2.37. The Balaban J connectivity index is 1.62. The van der Waals surface area contributed by atoms with Gasteiger partial charge in [-0.2, -0.15) is 23.3 Å². The minimum Gasteiger partial charge on any atom is -0.497 e. The molecule has 0 aliphatic carbocycles. The molecule has 1 fully saturated rings. The summed E-state index contributed by atoms with van der Waals surface area (Å²) in [6.45, 7) is 0.636. The van der Waals surface area contributed by atoms with Crippen molar-refractivity contribution in [2.24, 2.45) is 13.0 Å². The van der Waals surface area contributed by atoms with Gasteiger partial charge >= 0.3 is 6.18 Å². The van der Waals surface area contributed by atoms with Gasteiger partial charge in [0.1, 0.15) is 11.3 Å². The zero-order chi connectivity index (χ0) is 28.5. The minimum absolute atomic E-state index is 0.00924. The van der Waals surface area contributed by atoms with Crippen LogP contribution >= 0.6 is 0 Å². The van der Waals surface area contributed by atoms with Crippen LogP contribution in [0.2, 0.25) is 0 Å². The van der Waals surface area contributed by atoms with Crippen molar-refractivity contribution in [3.05, 3.63) is 47.9 Å². The molecular weight excluding hydrogens is 527 g/mol. The van der Waals surface area contributed by atoms with Gasteiger partial charge in [0.25, 0.3) is 11.8 Å². The number of amides is 1. The number of anilines is 1. The largest absolute Gasteiger partial charge is 0.497 e. The van der Waals surface area contributed by atoms with E-state index in [4.69, 9.17) is 9.47 Å². The Morgan fingerprint density at radius 3 is 2.49 bits per heavy atom. The molecule has 9 nitrogen and oxygen atoms in total. The number of carbonyl (C=O) groups excluding carboxylic acids is 1. The van der Waals surface area contributed by atoms with Gasteiger partial charge < -0.3 is 19.7 Å². The highest BCUT2D eigenvalue weighted by Gasteiger charge is 2.47. The summed E-state index contributed by atoms with van der Waals surface area (Å²) in [5.74, 6) is -4.80. The average molecular weight is 555 g/mol. The van der Waals surface area contributed by atoms with Crippen molar-refractivity contribution in [3.8, 4) is 22.8 Å². The lowest BCUT2D eigenvalue weighted by Gasteiger charge is -2.43. The van der Waals surface area contributed by atoms with Gasteiger partial charge in [-0.15, -0.1) is 0 Å². The van der Waals surface area contributed by atoms with Crippen molar-refractivity contribution < 1.29 is 36.2 Å². The highest BCUT2D eigenvalue weighted by molar-refractivity contribution is 5.99. The SMILES string of the molecule is COc1ccc(-c2cn(C)nc2C(=O)N2CC(F)(F)C[C@@H](C)C2CNc2ncc(C(F)(F)F)c(OC)n2)cc1. The van der Waals surface area contributed by atoms with Gasteiger partial charge in [-0.25, -0.2) is 13.8 Å². The van der Waals surface area contributed by atoms with Crippen molar-refractivity contribution in [1.82, 2.24) is 24.6 Å². The van der Waals surface area contributed by atoms with Crippen molar-refractivity contribution in [1.29, 1.82) is 0 Å². The van der Waals surface area contributed by atoms with Gasteiger partial charge in [0, 0.05) is 38.0 Å². The summed E-state index contributed by atoms with van der Waals surface area (Å²) < 4.78 is 80.2. The monoisotopic (exact) mass is 554 g/mol. The number of hydrogen-bond acceptors (Lipinski definition) is 7. The Hall–Kier alpha value is -3.97. The summed E-state index contributed by atoms with van der Waals surface area (Å²) in [5.41, 5.74) is -0.0672. The number of rotatable bonds is 7. The van der Waals surface area contributed by atoms with Crippen LogP contribution in [0.3, 0.4) is 0 Å². The second-order valence-corrected chi connectivity index (χ2v) is 9.33. The van der Waals surface area contributed by atoms with E-state index in [1.165, 1.54) is 11.8 Å². The average Bonchev–Trinajstić information content (AvgIpc) is 3.27. The van der Waals surface area contributed by atoms with Crippen LogP contribution in [0.4, 0.5) is 27.9 Å². The van der Waals surface area contributed by atoms with E-state index in [-0.39, 0.29) is 18.2 Å². The summed E-state index contributed by atoms with van der Waals surface area (Å²) in [5, 5.41) is 7.04. The number of alkyl halides is 5. The molecule has 3 heterocycles. The molecule has 14 heteroatoms. The first-order chi connectivity index (χ1) is 18.3. The molecule has 2 aromatic heterocycles. The van der Waals surface area contributed by atoms with E-state index >= 15 is 0 Å². The number of ether oxygens (including phenoxy) is 2. The van der Waals surface area contributed by atoms with Crippen molar-refractivity contribution >= 4 is 11.9 Å². The summed E-state index contributed by atoms with van der Waals surface area (Å²) in [6, 6.07) is 6.11. The van der Waals surface area contributed by atoms with E-state index < -0.39 is 54.4 Å². The fraction of sp³-hybridized carbons (Fsp3) is 0.440. The number of aromatic nitrogens is 4. The number of halogens is 5. The van der Waals surface area contributed by atoms with Crippen LogP contribution in [-0.2, 0) is 13.2 Å². The molecule has 4 rings (SSSR count). The number of hydrogen-bond donors (Lipinski definition) is 1. The second kappa shape index (κ2) is 10.7. The maximum absolute atomic E-state index is 14.7. The van der Waals surface area contributed by atoms with Crippen LogP contribution in [0.1, 0.15) is 29.4 Å². The third-order valence-electron chi connectivity index (χ3n) is 6.49. The first-order valence-corrected chi connectivity index (χ1v) is 11.9. The highest BCUT2D eigenvalue weighted by atomic mass is 19.4. The molecule has 1 amide bonds. The summed E-state index contributed by atoms with van der Waals surface area (Å²) in [4.78, 5) is 22.2. The predicted octanol–water partition coefficient (Wildman–Crippen LogP) is 4.51. The van der Waals surface area contributed by atoms with Crippen molar-refractivity contribution in [2.45, 2.75) is 31.5 Å². The Morgan fingerprint density at radius 1 is 1.18 bits per heavy atom. The third-order valence-corrected chi connectivity index (χ3v) is 6.49. The van der Waals surface area contributed by atoms with Gasteiger partial charge in [0.15, 0.2) is 5.69 Å². The Morgan fingerprint density at radius 2 is 1.87 bits per heavy atom. The van der Waals surface area contributed by atoms with Gasteiger partial charge in [0.2, 0.25) is 11.8 Å². The van der Waals surface area contributed by atoms with Crippen LogP contribution in [0.15, 0.2) is 36.7 Å². The molecule has 1 aliphatic heterocycles. The molecule has 2 atom stereocenters. The number of methoxy groups -OCH3 is 2. The van der Waals surface area contributed by atoms with Gasteiger partial charge in [-0.05, 0) is 23.6 Å². The Labute approximate surface area is 220 Å². The number of nitrogens with zero attached hydrogens (tertiary/aromatic N) is 5. The smallest absolute Gasteiger partial charge is 0.423 e. The second-order valence-electron chi connectivity index (χ2n) is 9.33. The molecule has 1 aromatic carbocycles. The first-order valence-electron chi connectivity index (χ1n) is 11.9. The maximum atomic E-state index is 14.7. The number of piperidine rings is 1. The van der Waals surface area contributed by atoms with Crippen LogP contribution in [0, 0.1) is 5.92 Å². The molecule has 0 saturated carbocycles. The van der Waals surface area contributed by atoms with E-state index in [1.807, 2.05) is 0 Å². The van der Waals surface area contributed by atoms with Crippen molar-refractivity contribution in [3.63, 3.8) is 0 Å². The van der Waals surface area contributed by atoms with Crippen LogP contribution < -0.4 is 14.8 Å². The Bertz CT molecular complexity index is 1330. The van der Waals surface area contributed by atoms with E-state index in [9.17, 15) is 26.7 Å². The minimum atomic E-state index is -4.72. The zero-order valence-corrected chi connectivity index (χ0v) is 21.6. The Kier molecular flexibility index (Phi) is 7.66. The van der Waals surface area contributed by atoms with E-state index in [0.29, 0.717) is 23.1 Å². The van der Waals surface area contributed by atoms with E-state index in [2.05, 4.69) is 20.4 Å². The van der Waals surface area contributed by atoms with Crippen molar-refractivity contribution in [2.75, 3.05) is 32.6 Å². The molecule has 1 unspecified atom stereocenters. The molecule has 1 aliphatic rings. The number of likely N-dealkylation sites (tertiary alicyclic amines) is 1. The van der Waals surface area contributed by atoms with Gasteiger partial charge in [-0.3, -0.25) is 9.48 Å². The molecule has 210 valence electrons. The topological polar surface area (TPSA) is 94.4 Å². The summed E-state index contributed by atoms with van der Waals surface area (Å²) >= 11 is 0. The molecule has 39 heavy (non-hydrogen) atoms. The fourth-order valence-electron chi connectivity index (χ4n) is 4.64. The van der Waals surface area contributed by atoms with Gasteiger partial charge in [0.05, 0.1) is 26.8 Å². The molecule has 0 spiro atoms. The van der Waals surface area contributed by atoms with E-state index in [0.717, 1.165) is 12.0 Å². The normalized spacial score (nSPS) is 19.1. The summed E-state index contributed by atoms with van der Waals surface area (Å²) in [6.07, 6.45) is -3.00. The molecule has 1 N–H and O–H groups in total. The van der Waals surface area contributed by atoms with Crippen LogP contribution in [0.5, 0.6) is 11.6 Å². The lowest BCUT2D eigenvalue weighted by molar-refractivity contribution is -0.139. The molecular formula is C25H27F5N6O3. The standard InChI is InChI=1S/C25H27F5N6O3/c1-14-9-24(26,27)13-36(19(14)11-32-23-31-10-18(25(28,29)30)21(33-23)39-4)22(37)20-17(12-35(2)34-20)15-5-7-16(38-3)8-6-15/h5-8,10,12,14,19H,9,11,13H2,1-4H3,(H,31,32,33)/t14-,19?/m1/s1. The molecule has 0 bridgehead atoms. The molecule has 3 aromatic rings.